The fourth-order valence-corrected chi connectivity index (χ4v) is 1.34. The van der Waals surface area contributed by atoms with Crippen molar-refractivity contribution in [1.82, 2.24) is 4.98 Å². The fourth-order valence-electron chi connectivity index (χ4n) is 1.34. The molecule has 0 atom stereocenters. The van der Waals surface area contributed by atoms with Crippen LogP contribution in [0.2, 0.25) is 0 Å². The van der Waals surface area contributed by atoms with Crippen LogP contribution in [0.4, 0.5) is 5.69 Å². The van der Waals surface area contributed by atoms with Crippen LogP contribution in [-0.2, 0) is 17.8 Å². The molecule has 1 aromatic rings. The van der Waals surface area contributed by atoms with Crippen LogP contribution >= 0.6 is 0 Å². The van der Waals surface area contributed by atoms with E-state index in [1.807, 2.05) is 0 Å². The third-order valence-electron chi connectivity index (χ3n) is 2.00. The lowest BCUT2D eigenvalue weighted by Gasteiger charge is -2.15. The molecule has 0 saturated carbocycles. The van der Waals surface area contributed by atoms with Crippen molar-refractivity contribution >= 4 is 5.69 Å². The lowest BCUT2D eigenvalue weighted by Crippen LogP contribution is -2.20. The van der Waals surface area contributed by atoms with Crippen molar-refractivity contribution in [3.63, 3.8) is 0 Å². The molecule has 3 N–H and O–H groups in total. The molecule has 0 fully saturated rings. The van der Waals surface area contributed by atoms with Crippen molar-refractivity contribution in [1.29, 1.82) is 0 Å². The van der Waals surface area contributed by atoms with E-state index in [0.717, 1.165) is 17.7 Å². The third-order valence-corrected chi connectivity index (χ3v) is 2.00. The quantitative estimate of drug-likeness (QED) is 0.571. The number of aromatic nitrogens is 1. The van der Waals surface area contributed by atoms with Gasteiger partial charge in [-0.2, -0.15) is 0 Å². The molecule has 1 aromatic heterocycles. The summed E-state index contributed by atoms with van der Waals surface area (Å²) in [7, 11) is 0. The molecule has 4 nitrogen and oxygen atoms in total. The first-order valence-electron chi connectivity index (χ1n) is 3.85. The number of H-pyrrole nitrogens is 1. The maximum Gasteiger partial charge on any atom is 0.271 e. The van der Waals surface area contributed by atoms with Crippen molar-refractivity contribution in [3.8, 4) is 0 Å². The molecular formula is C8H10N2O2. The molecule has 0 saturated heterocycles. The predicted octanol–water partition coefficient (Wildman–Crippen LogP) is 0.0298. The predicted molar refractivity (Wildman–Crippen MR) is 44.8 cm³/mol. The lowest BCUT2D eigenvalue weighted by atomic mass is 10.1. The zero-order valence-corrected chi connectivity index (χ0v) is 6.59. The van der Waals surface area contributed by atoms with Crippen LogP contribution in [0.15, 0.2) is 10.9 Å². The summed E-state index contributed by atoms with van der Waals surface area (Å²) in [4.78, 5) is 13.8. The monoisotopic (exact) mass is 166 g/mol. The van der Waals surface area contributed by atoms with E-state index in [-0.39, 0.29) is 11.2 Å². The van der Waals surface area contributed by atoms with Gasteiger partial charge in [0.2, 0.25) is 0 Å². The van der Waals surface area contributed by atoms with Crippen LogP contribution in [-0.4, -0.2) is 11.6 Å². The Kier molecular flexibility index (Phi) is 1.62. The first-order chi connectivity index (χ1) is 5.77. The Morgan fingerprint density at radius 1 is 1.58 bits per heavy atom. The highest BCUT2D eigenvalue weighted by Gasteiger charge is 2.11. The van der Waals surface area contributed by atoms with Crippen LogP contribution in [0, 0.1) is 0 Å². The van der Waals surface area contributed by atoms with Gasteiger partial charge in [0.15, 0.2) is 0 Å². The largest absolute Gasteiger partial charge is 0.394 e. The number of nitrogen functional groups attached to an aromatic ring is 1. The van der Waals surface area contributed by atoms with Crippen molar-refractivity contribution in [2.45, 2.75) is 13.0 Å². The Morgan fingerprint density at radius 3 is 3.25 bits per heavy atom. The Bertz CT molecular complexity index is 357. The van der Waals surface area contributed by atoms with Crippen LogP contribution in [0.5, 0.6) is 0 Å². The Balaban J connectivity index is 2.56. The second-order valence-electron chi connectivity index (χ2n) is 2.86. The van der Waals surface area contributed by atoms with Crippen molar-refractivity contribution < 1.29 is 4.74 Å². The van der Waals surface area contributed by atoms with Gasteiger partial charge in [-0.3, -0.25) is 4.79 Å². The molecule has 2 heterocycles. The number of pyridine rings is 1. The first kappa shape index (κ1) is 7.36. The molecular weight excluding hydrogens is 156 g/mol. The van der Waals surface area contributed by atoms with Gasteiger partial charge in [-0.1, -0.05) is 0 Å². The second kappa shape index (κ2) is 2.64. The number of ether oxygens (including phenoxy) is 1. The van der Waals surface area contributed by atoms with Crippen LogP contribution in [0.1, 0.15) is 11.3 Å². The SMILES string of the molecule is Nc1cc2c([nH]c1=O)CCOC2. The average molecular weight is 166 g/mol. The van der Waals surface area contributed by atoms with Gasteiger partial charge in [-0.25, -0.2) is 0 Å². The number of nitrogens with one attached hydrogen (secondary N) is 1. The van der Waals surface area contributed by atoms with E-state index in [1.54, 1.807) is 6.07 Å². The zero-order chi connectivity index (χ0) is 8.55. The summed E-state index contributed by atoms with van der Waals surface area (Å²) in [6.45, 7) is 1.23. The van der Waals surface area contributed by atoms with E-state index in [2.05, 4.69) is 4.98 Å². The maximum absolute atomic E-state index is 11.1. The molecule has 0 unspecified atom stereocenters. The zero-order valence-electron chi connectivity index (χ0n) is 6.59. The number of fused-ring (bicyclic) bond motifs is 1. The lowest BCUT2D eigenvalue weighted by molar-refractivity contribution is 0.109. The van der Waals surface area contributed by atoms with Gasteiger partial charge in [0.25, 0.3) is 5.56 Å². The number of hydrogen-bond acceptors (Lipinski definition) is 3. The summed E-state index contributed by atoms with van der Waals surface area (Å²) < 4.78 is 5.21. The summed E-state index contributed by atoms with van der Waals surface area (Å²) in [6, 6.07) is 1.69. The number of aromatic amines is 1. The highest BCUT2D eigenvalue weighted by atomic mass is 16.5. The number of rotatable bonds is 0. The number of hydrogen-bond donors (Lipinski definition) is 2. The Morgan fingerprint density at radius 2 is 2.42 bits per heavy atom. The van der Waals surface area contributed by atoms with Crippen molar-refractivity contribution in [2.24, 2.45) is 0 Å². The Labute approximate surface area is 69.4 Å². The molecule has 0 amide bonds. The van der Waals surface area contributed by atoms with E-state index in [9.17, 15) is 4.79 Å². The van der Waals surface area contributed by atoms with E-state index < -0.39 is 0 Å². The summed E-state index contributed by atoms with van der Waals surface area (Å²) >= 11 is 0. The van der Waals surface area contributed by atoms with E-state index in [4.69, 9.17) is 10.5 Å². The summed E-state index contributed by atoms with van der Waals surface area (Å²) in [5.74, 6) is 0. The van der Waals surface area contributed by atoms with Crippen LogP contribution in [0.3, 0.4) is 0 Å². The minimum atomic E-state index is -0.198. The highest BCUT2D eigenvalue weighted by molar-refractivity contribution is 5.40. The van der Waals surface area contributed by atoms with Gasteiger partial charge in [0.1, 0.15) is 0 Å². The van der Waals surface area contributed by atoms with Gasteiger partial charge >= 0.3 is 0 Å². The van der Waals surface area contributed by atoms with E-state index in [1.165, 1.54) is 0 Å². The molecule has 0 bridgehead atoms. The molecule has 0 spiro atoms. The van der Waals surface area contributed by atoms with Gasteiger partial charge in [0, 0.05) is 12.1 Å². The van der Waals surface area contributed by atoms with Gasteiger partial charge in [0.05, 0.1) is 18.9 Å². The third kappa shape index (κ3) is 1.10. The molecule has 0 aliphatic carbocycles. The molecule has 2 rings (SSSR count). The van der Waals surface area contributed by atoms with Crippen LogP contribution < -0.4 is 11.3 Å². The number of nitrogens with two attached hydrogens (primary N) is 1. The van der Waals surface area contributed by atoms with Gasteiger partial charge in [-0.15, -0.1) is 0 Å². The molecule has 0 aromatic carbocycles. The Hall–Kier alpha value is -1.29. The molecule has 12 heavy (non-hydrogen) atoms. The molecule has 0 radical (unpaired) electrons. The van der Waals surface area contributed by atoms with Gasteiger partial charge in [-0.05, 0) is 11.6 Å². The topological polar surface area (TPSA) is 68.1 Å². The average Bonchev–Trinajstić information content (AvgIpc) is 2.07. The fraction of sp³-hybridized carbons (Fsp3) is 0.375. The first-order valence-corrected chi connectivity index (χ1v) is 3.85. The molecule has 1 aliphatic rings. The highest BCUT2D eigenvalue weighted by Crippen LogP contribution is 2.13. The summed E-state index contributed by atoms with van der Waals surface area (Å²) in [5, 5.41) is 0. The van der Waals surface area contributed by atoms with E-state index >= 15 is 0 Å². The maximum atomic E-state index is 11.1. The minimum Gasteiger partial charge on any atom is -0.394 e. The number of anilines is 1. The minimum absolute atomic E-state index is 0.198. The molecule has 4 heteroatoms. The smallest absolute Gasteiger partial charge is 0.271 e. The molecule has 1 aliphatic heterocycles. The van der Waals surface area contributed by atoms with Gasteiger partial charge < -0.3 is 15.5 Å². The van der Waals surface area contributed by atoms with Crippen molar-refractivity contribution in [2.75, 3.05) is 12.3 Å². The standard InChI is InChI=1S/C8H10N2O2/c9-6-3-5-4-12-2-1-7(5)10-8(6)11/h3H,1-2,4,9H2,(H,10,11). The van der Waals surface area contributed by atoms with E-state index in [0.29, 0.717) is 13.2 Å². The second-order valence-corrected chi connectivity index (χ2v) is 2.86. The normalized spacial score (nSPS) is 15.7. The summed E-state index contributed by atoms with van der Waals surface area (Å²) in [5.41, 5.74) is 7.47. The van der Waals surface area contributed by atoms with Crippen LogP contribution in [0.25, 0.3) is 0 Å². The van der Waals surface area contributed by atoms with Crippen molar-refractivity contribution in [3.05, 3.63) is 27.7 Å². The molecule has 64 valence electrons. The summed E-state index contributed by atoms with van der Waals surface area (Å²) in [6.07, 6.45) is 0.769.